The summed E-state index contributed by atoms with van der Waals surface area (Å²) in [5, 5.41) is 2.10. The number of aromatic nitrogens is 3. The maximum atomic E-state index is 4.86. The third kappa shape index (κ3) is 2.96. The van der Waals surface area contributed by atoms with Crippen LogP contribution >= 0.6 is 11.3 Å². The molecule has 24 heavy (non-hydrogen) atoms. The first kappa shape index (κ1) is 15.1. The number of fused-ring (bicyclic) bond motifs is 1. The van der Waals surface area contributed by atoms with Gasteiger partial charge in [-0.2, -0.15) is 0 Å². The van der Waals surface area contributed by atoms with Crippen LogP contribution in [-0.4, -0.2) is 26.3 Å². The highest BCUT2D eigenvalue weighted by Gasteiger charge is 2.15. The van der Waals surface area contributed by atoms with E-state index in [1.807, 2.05) is 23.7 Å². The van der Waals surface area contributed by atoms with Gasteiger partial charge in [0.1, 0.15) is 5.65 Å². The van der Waals surface area contributed by atoms with E-state index >= 15 is 0 Å². The highest BCUT2D eigenvalue weighted by atomic mass is 32.1. The molecule has 0 radical (unpaired) electrons. The van der Waals surface area contributed by atoms with Crippen LogP contribution in [0.3, 0.4) is 0 Å². The van der Waals surface area contributed by atoms with Crippen LogP contribution in [0.1, 0.15) is 11.4 Å². The predicted molar refractivity (Wildman–Crippen MR) is 97.9 cm³/mol. The van der Waals surface area contributed by atoms with Crippen molar-refractivity contribution in [3.8, 4) is 11.3 Å². The summed E-state index contributed by atoms with van der Waals surface area (Å²) in [4.78, 5) is 11.5. The Morgan fingerprint density at radius 2 is 1.88 bits per heavy atom. The molecule has 0 fully saturated rings. The SMILES string of the molecule is CN(Cc1cscn1)Cc1c(-c2ccccc2)nc2ccccn12. The van der Waals surface area contributed by atoms with Crippen molar-refractivity contribution in [2.75, 3.05) is 7.05 Å². The summed E-state index contributed by atoms with van der Waals surface area (Å²) in [6.45, 7) is 1.64. The Morgan fingerprint density at radius 3 is 2.67 bits per heavy atom. The zero-order valence-corrected chi connectivity index (χ0v) is 14.3. The molecule has 0 saturated carbocycles. The number of nitrogens with zero attached hydrogens (tertiary/aromatic N) is 4. The predicted octanol–water partition coefficient (Wildman–Crippen LogP) is 4.09. The molecule has 5 heteroatoms. The van der Waals surface area contributed by atoms with Crippen LogP contribution in [0.2, 0.25) is 0 Å². The van der Waals surface area contributed by atoms with Crippen molar-refractivity contribution in [2.24, 2.45) is 0 Å². The monoisotopic (exact) mass is 334 g/mol. The van der Waals surface area contributed by atoms with E-state index in [2.05, 4.69) is 63.2 Å². The lowest BCUT2D eigenvalue weighted by Gasteiger charge is -2.16. The zero-order valence-electron chi connectivity index (χ0n) is 13.5. The zero-order chi connectivity index (χ0) is 16.4. The lowest BCUT2D eigenvalue weighted by Crippen LogP contribution is -2.19. The lowest BCUT2D eigenvalue weighted by atomic mass is 10.1. The van der Waals surface area contributed by atoms with Crippen LogP contribution in [-0.2, 0) is 13.1 Å². The molecule has 0 amide bonds. The fourth-order valence-electron chi connectivity index (χ4n) is 2.93. The van der Waals surface area contributed by atoms with E-state index in [0.717, 1.165) is 35.7 Å². The highest BCUT2D eigenvalue weighted by Crippen LogP contribution is 2.25. The number of pyridine rings is 1. The molecule has 4 nitrogen and oxygen atoms in total. The molecular weight excluding hydrogens is 316 g/mol. The average Bonchev–Trinajstić information content (AvgIpc) is 3.24. The topological polar surface area (TPSA) is 33.4 Å². The van der Waals surface area contributed by atoms with Gasteiger partial charge in [-0.1, -0.05) is 36.4 Å². The molecule has 3 heterocycles. The van der Waals surface area contributed by atoms with Crippen LogP contribution in [0.25, 0.3) is 16.9 Å². The Hall–Kier alpha value is -2.50. The Balaban J connectivity index is 1.72. The van der Waals surface area contributed by atoms with Crippen molar-refractivity contribution < 1.29 is 0 Å². The minimum atomic E-state index is 0.812. The van der Waals surface area contributed by atoms with E-state index in [9.17, 15) is 0 Å². The minimum Gasteiger partial charge on any atom is -0.302 e. The van der Waals surface area contributed by atoms with Gasteiger partial charge in [0, 0.05) is 30.2 Å². The van der Waals surface area contributed by atoms with E-state index in [4.69, 9.17) is 4.98 Å². The fourth-order valence-corrected chi connectivity index (χ4v) is 3.48. The molecule has 0 saturated heterocycles. The van der Waals surface area contributed by atoms with Gasteiger partial charge >= 0.3 is 0 Å². The van der Waals surface area contributed by atoms with Gasteiger partial charge in [-0.25, -0.2) is 9.97 Å². The van der Waals surface area contributed by atoms with Gasteiger partial charge < -0.3 is 4.40 Å². The molecule has 0 bridgehead atoms. The standard InChI is InChI=1S/C19H18N4S/c1-22(11-16-13-24-14-20-16)12-17-19(15-7-3-2-4-8-15)21-18-9-5-6-10-23(17)18/h2-10,13-14H,11-12H2,1H3. The first-order valence-corrected chi connectivity index (χ1v) is 8.82. The largest absolute Gasteiger partial charge is 0.302 e. The molecule has 0 aliphatic rings. The van der Waals surface area contributed by atoms with Crippen molar-refractivity contribution >= 4 is 17.0 Å². The first-order chi connectivity index (χ1) is 11.8. The Labute approximate surface area is 145 Å². The fraction of sp³-hybridized carbons (Fsp3) is 0.158. The summed E-state index contributed by atoms with van der Waals surface area (Å²) in [6, 6.07) is 16.5. The van der Waals surface area contributed by atoms with E-state index < -0.39 is 0 Å². The third-order valence-electron chi connectivity index (χ3n) is 4.01. The molecule has 0 N–H and O–H groups in total. The Kier molecular flexibility index (Phi) is 4.11. The van der Waals surface area contributed by atoms with Crippen molar-refractivity contribution in [3.05, 3.63) is 77.0 Å². The molecule has 0 atom stereocenters. The number of imidazole rings is 1. The summed E-state index contributed by atoms with van der Waals surface area (Å²) < 4.78 is 2.18. The normalized spacial score (nSPS) is 11.4. The molecular formula is C19H18N4S. The summed E-state index contributed by atoms with van der Waals surface area (Å²) >= 11 is 1.64. The van der Waals surface area contributed by atoms with Crippen molar-refractivity contribution in [3.63, 3.8) is 0 Å². The van der Waals surface area contributed by atoms with E-state index in [1.165, 1.54) is 5.69 Å². The molecule has 3 aromatic heterocycles. The maximum Gasteiger partial charge on any atom is 0.137 e. The molecule has 0 aliphatic heterocycles. The van der Waals surface area contributed by atoms with Crippen molar-refractivity contribution in [2.45, 2.75) is 13.1 Å². The average molecular weight is 334 g/mol. The summed E-state index contributed by atoms with van der Waals surface area (Å²) in [6.07, 6.45) is 2.08. The van der Waals surface area contributed by atoms with Crippen LogP contribution in [0.15, 0.2) is 65.6 Å². The van der Waals surface area contributed by atoms with Gasteiger partial charge in [-0.05, 0) is 19.2 Å². The molecule has 0 spiro atoms. The van der Waals surface area contributed by atoms with Gasteiger partial charge in [0.05, 0.1) is 22.6 Å². The molecule has 4 aromatic rings. The minimum absolute atomic E-state index is 0.812. The number of rotatable bonds is 5. The van der Waals surface area contributed by atoms with Crippen LogP contribution in [0, 0.1) is 0 Å². The quantitative estimate of drug-likeness (QED) is 0.551. The molecule has 1 aromatic carbocycles. The first-order valence-electron chi connectivity index (χ1n) is 7.88. The lowest BCUT2D eigenvalue weighted by molar-refractivity contribution is 0.311. The summed E-state index contributed by atoms with van der Waals surface area (Å²) in [5.74, 6) is 0. The van der Waals surface area contributed by atoms with Gasteiger partial charge in [0.2, 0.25) is 0 Å². The Morgan fingerprint density at radius 1 is 1.04 bits per heavy atom. The number of benzene rings is 1. The van der Waals surface area contributed by atoms with Crippen molar-refractivity contribution in [1.82, 2.24) is 19.3 Å². The highest BCUT2D eigenvalue weighted by molar-refractivity contribution is 7.07. The van der Waals surface area contributed by atoms with Gasteiger partial charge in [0.15, 0.2) is 0 Å². The second-order valence-electron chi connectivity index (χ2n) is 5.85. The maximum absolute atomic E-state index is 4.86. The van der Waals surface area contributed by atoms with Crippen molar-refractivity contribution in [1.29, 1.82) is 0 Å². The number of hydrogen-bond donors (Lipinski definition) is 0. The molecule has 0 aliphatic carbocycles. The van der Waals surface area contributed by atoms with E-state index in [0.29, 0.717) is 0 Å². The Bertz CT molecular complexity index is 929. The second kappa shape index (κ2) is 6.55. The molecule has 0 unspecified atom stereocenters. The van der Waals surface area contributed by atoms with E-state index in [-0.39, 0.29) is 0 Å². The summed E-state index contributed by atoms with van der Waals surface area (Å²) in [7, 11) is 2.12. The molecule has 4 rings (SSSR count). The van der Waals surface area contributed by atoms with Crippen LogP contribution in [0.4, 0.5) is 0 Å². The number of hydrogen-bond acceptors (Lipinski definition) is 4. The van der Waals surface area contributed by atoms with Crippen LogP contribution < -0.4 is 0 Å². The second-order valence-corrected chi connectivity index (χ2v) is 6.57. The third-order valence-corrected chi connectivity index (χ3v) is 4.65. The van der Waals surface area contributed by atoms with Crippen LogP contribution in [0.5, 0.6) is 0 Å². The molecule has 120 valence electrons. The number of thiazole rings is 1. The smallest absolute Gasteiger partial charge is 0.137 e. The van der Waals surface area contributed by atoms with Gasteiger partial charge in [-0.15, -0.1) is 11.3 Å². The van der Waals surface area contributed by atoms with E-state index in [1.54, 1.807) is 11.3 Å². The van der Waals surface area contributed by atoms with Gasteiger partial charge in [0.25, 0.3) is 0 Å². The van der Waals surface area contributed by atoms with Gasteiger partial charge in [-0.3, -0.25) is 4.90 Å². The summed E-state index contributed by atoms with van der Waals surface area (Å²) in [5.41, 5.74) is 7.37.